The van der Waals surface area contributed by atoms with Gasteiger partial charge in [0.25, 0.3) is 10.1 Å². The lowest BCUT2D eigenvalue weighted by atomic mass is 9.70. The van der Waals surface area contributed by atoms with Crippen molar-refractivity contribution in [2.24, 2.45) is 16.7 Å². The van der Waals surface area contributed by atoms with E-state index in [0.29, 0.717) is 25.9 Å². The summed E-state index contributed by atoms with van der Waals surface area (Å²) in [5.74, 6) is 0.0659. The van der Waals surface area contributed by atoms with Gasteiger partial charge in [-0.15, -0.1) is 0 Å². The van der Waals surface area contributed by atoms with Crippen molar-refractivity contribution in [1.82, 2.24) is 0 Å². The van der Waals surface area contributed by atoms with Crippen molar-refractivity contribution in [2.75, 3.05) is 25.6 Å². The third-order valence-corrected chi connectivity index (χ3v) is 7.86. The van der Waals surface area contributed by atoms with Gasteiger partial charge in [0, 0.05) is 13.0 Å². The van der Waals surface area contributed by atoms with Gasteiger partial charge in [-0.25, -0.2) is 0 Å². The Morgan fingerprint density at radius 3 is 2.57 bits per heavy atom. The summed E-state index contributed by atoms with van der Waals surface area (Å²) in [4.78, 5) is 12.4. The Labute approximate surface area is 137 Å². The van der Waals surface area contributed by atoms with E-state index in [1.54, 1.807) is 0 Å². The number of hydrogen-bond donors (Lipinski definition) is 1. The van der Waals surface area contributed by atoms with Crippen LogP contribution in [0.1, 0.15) is 46.0 Å². The van der Waals surface area contributed by atoms with E-state index in [4.69, 9.17) is 8.92 Å². The van der Waals surface area contributed by atoms with Crippen molar-refractivity contribution in [3.05, 3.63) is 0 Å². The van der Waals surface area contributed by atoms with E-state index >= 15 is 0 Å². The summed E-state index contributed by atoms with van der Waals surface area (Å²) in [7, 11) is -3.86. The summed E-state index contributed by atoms with van der Waals surface area (Å²) in [6.45, 7) is 4.06. The highest BCUT2D eigenvalue weighted by Crippen LogP contribution is 2.64. The van der Waals surface area contributed by atoms with Gasteiger partial charge in [-0.05, 0) is 37.0 Å². The molecule has 1 heterocycles. The van der Waals surface area contributed by atoms with Crippen LogP contribution in [0.3, 0.4) is 0 Å². The van der Waals surface area contributed by atoms with Crippen molar-refractivity contribution < 1.29 is 27.2 Å². The van der Waals surface area contributed by atoms with E-state index in [1.807, 2.05) is 13.8 Å². The molecule has 3 aliphatic rings. The van der Waals surface area contributed by atoms with E-state index in [0.717, 1.165) is 12.8 Å². The van der Waals surface area contributed by atoms with Gasteiger partial charge in [-0.3, -0.25) is 8.98 Å². The average Bonchev–Trinajstić information content (AvgIpc) is 3.09. The largest absolute Gasteiger partial charge is 0.393 e. The molecule has 0 radical (unpaired) electrons. The lowest BCUT2D eigenvalue weighted by Crippen LogP contribution is -2.44. The molecule has 0 aromatic rings. The van der Waals surface area contributed by atoms with E-state index < -0.39 is 21.1 Å². The highest BCUT2D eigenvalue weighted by atomic mass is 32.2. The second-order valence-corrected chi connectivity index (χ2v) is 9.56. The number of ketones is 1. The van der Waals surface area contributed by atoms with Crippen LogP contribution in [-0.2, 0) is 23.8 Å². The van der Waals surface area contributed by atoms with Crippen LogP contribution in [0.2, 0.25) is 0 Å². The highest BCUT2D eigenvalue weighted by molar-refractivity contribution is 7.86. The summed E-state index contributed by atoms with van der Waals surface area (Å²) in [5.41, 5.74) is -2.05. The number of Topliss-reactive ketones (excluding diaryl/α,β-unsaturated/α-hetero) is 1. The maximum Gasteiger partial charge on any atom is 0.268 e. The molecule has 3 atom stereocenters. The molecular weight excluding hydrogens is 320 g/mol. The predicted molar refractivity (Wildman–Crippen MR) is 83.3 cm³/mol. The summed E-state index contributed by atoms with van der Waals surface area (Å²) in [6.07, 6.45) is 3.36. The Hall–Kier alpha value is -0.500. The zero-order valence-corrected chi connectivity index (χ0v) is 14.7. The standard InChI is InChI=1S/C16H26O6S/c1-14(2)12-4-6-16(14,13(18)8-12)11-23(19,20)22-10-15(9-17)5-3-7-21-15/h12,17H,3-11H2,1-2H3/t12-,15+,16-/m1/s1. The number of carbonyl (C=O) groups is 1. The van der Waals surface area contributed by atoms with Crippen molar-refractivity contribution in [3.8, 4) is 0 Å². The van der Waals surface area contributed by atoms with Gasteiger partial charge in [0.2, 0.25) is 0 Å². The van der Waals surface area contributed by atoms with Crippen LogP contribution < -0.4 is 0 Å². The summed E-state index contributed by atoms with van der Waals surface area (Å²) in [5, 5.41) is 9.47. The molecule has 2 aliphatic carbocycles. The van der Waals surface area contributed by atoms with Gasteiger partial charge in [-0.1, -0.05) is 13.8 Å². The second kappa shape index (κ2) is 5.51. The zero-order chi connectivity index (χ0) is 16.9. The molecular formula is C16H26O6S. The monoisotopic (exact) mass is 346 g/mol. The van der Waals surface area contributed by atoms with Crippen LogP contribution in [-0.4, -0.2) is 50.5 Å². The minimum absolute atomic E-state index is 0.0555. The van der Waals surface area contributed by atoms with Gasteiger partial charge < -0.3 is 9.84 Å². The van der Waals surface area contributed by atoms with E-state index in [9.17, 15) is 18.3 Å². The van der Waals surface area contributed by atoms with Gasteiger partial charge >= 0.3 is 0 Å². The fourth-order valence-corrected chi connectivity index (χ4v) is 6.45. The van der Waals surface area contributed by atoms with Crippen LogP contribution in [0.15, 0.2) is 0 Å². The summed E-state index contributed by atoms with van der Waals surface area (Å²) < 4.78 is 35.7. The molecule has 23 heavy (non-hydrogen) atoms. The molecule has 1 saturated heterocycles. The highest BCUT2D eigenvalue weighted by Gasteiger charge is 2.65. The Bertz CT molecular complexity index is 590. The number of rotatable bonds is 6. The smallest absolute Gasteiger partial charge is 0.268 e. The number of aliphatic hydroxyl groups excluding tert-OH is 1. The molecule has 0 unspecified atom stereocenters. The third kappa shape index (κ3) is 2.65. The van der Waals surface area contributed by atoms with Crippen molar-refractivity contribution in [3.63, 3.8) is 0 Å². The lowest BCUT2D eigenvalue weighted by Gasteiger charge is -2.36. The first-order chi connectivity index (χ1) is 10.7. The fraction of sp³-hybridized carbons (Fsp3) is 0.938. The number of fused-ring (bicyclic) bond motifs is 2. The minimum Gasteiger partial charge on any atom is -0.393 e. The molecule has 2 saturated carbocycles. The van der Waals surface area contributed by atoms with Crippen LogP contribution in [0.25, 0.3) is 0 Å². The quantitative estimate of drug-likeness (QED) is 0.729. The van der Waals surface area contributed by atoms with Crippen LogP contribution >= 0.6 is 0 Å². The molecule has 2 bridgehead atoms. The first-order valence-corrected chi connectivity index (χ1v) is 9.89. The van der Waals surface area contributed by atoms with E-state index in [1.165, 1.54) is 0 Å². The van der Waals surface area contributed by atoms with Gasteiger partial charge in [0.05, 0.1) is 24.4 Å². The van der Waals surface area contributed by atoms with Gasteiger partial charge in [0.15, 0.2) is 0 Å². The van der Waals surface area contributed by atoms with Crippen LogP contribution in [0.4, 0.5) is 0 Å². The van der Waals surface area contributed by atoms with Gasteiger partial charge in [-0.2, -0.15) is 8.42 Å². The molecule has 6 nitrogen and oxygen atoms in total. The molecule has 132 valence electrons. The molecule has 1 aliphatic heterocycles. The first-order valence-electron chi connectivity index (χ1n) is 8.32. The molecule has 0 amide bonds. The Morgan fingerprint density at radius 2 is 2.09 bits per heavy atom. The Balaban J connectivity index is 1.73. The minimum atomic E-state index is -3.86. The number of ether oxygens (including phenoxy) is 1. The molecule has 0 aromatic heterocycles. The Kier molecular flexibility index (Phi) is 4.15. The number of hydrogen-bond acceptors (Lipinski definition) is 6. The topological polar surface area (TPSA) is 89.9 Å². The van der Waals surface area contributed by atoms with E-state index in [-0.39, 0.29) is 36.1 Å². The predicted octanol–water partition coefficient (Wildman–Crippen LogP) is 1.27. The van der Waals surface area contributed by atoms with Crippen molar-refractivity contribution in [2.45, 2.75) is 51.6 Å². The summed E-state index contributed by atoms with van der Waals surface area (Å²) >= 11 is 0. The number of carbonyl (C=O) groups excluding carboxylic acids is 1. The number of aliphatic hydroxyl groups is 1. The first kappa shape index (κ1) is 17.3. The van der Waals surface area contributed by atoms with E-state index in [2.05, 4.69) is 0 Å². The maximum absolute atomic E-state index is 12.5. The molecule has 0 aromatic carbocycles. The molecule has 3 rings (SSSR count). The lowest BCUT2D eigenvalue weighted by molar-refractivity contribution is -0.128. The summed E-state index contributed by atoms with van der Waals surface area (Å²) in [6, 6.07) is 0. The van der Waals surface area contributed by atoms with Crippen LogP contribution in [0.5, 0.6) is 0 Å². The molecule has 0 spiro atoms. The zero-order valence-electron chi connectivity index (χ0n) is 13.8. The SMILES string of the molecule is CC1(C)[C@@H]2CC[C@@]1(CS(=O)(=O)OC[C@@]1(CO)CCCO1)C(=O)C2. The molecule has 1 N–H and O–H groups in total. The fourth-order valence-electron chi connectivity index (χ4n) is 4.69. The third-order valence-electron chi connectivity index (χ3n) is 6.54. The maximum atomic E-state index is 12.5. The Morgan fingerprint density at radius 1 is 1.35 bits per heavy atom. The average molecular weight is 346 g/mol. The van der Waals surface area contributed by atoms with Crippen molar-refractivity contribution in [1.29, 1.82) is 0 Å². The normalized spacial score (nSPS) is 39.3. The van der Waals surface area contributed by atoms with Crippen LogP contribution in [0, 0.1) is 16.7 Å². The van der Waals surface area contributed by atoms with Gasteiger partial charge in [0.1, 0.15) is 11.4 Å². The molecule has 7 heteroatoms. The van der Waals surface area contributed by atoms with Crippen molar-refractivity contribution >= 4 is 15.9 Å². The molecule has 3 fully saturated rings. The second-order valence-electron chi connectivity index (χ2n) is 7.92.